The summed E-state index contributed by atoms with van der Waals surface area (Å²) < 4.78 is 0. The van der Waals surface area contributed by atoms with E-state index in [1.807, 2.05) is 0 Å². The number of nitrogens with one attached hydrogen (secondary N) is 2. The third kappa shape index (κ3) is 3.94. The number of rotatable bonds is 3. The smallest absolute Gasteiger partial charge is 0.315 e. The minimum absolute atomic E-state index is 0.0159. The molecule has 2 amide bonds. The molecule has 0 spiro atoms. The maximum atomic E-state index is 11.1. The van der Waals surface area contributed by atoms with E-state index < -0.39 is 0 Å². The summed E-state index contributed by atoms with van der Waals surface area (Å²) in [4.78, 5) is 11.1. The van der Waals surface area contributed by atoms with Gasteiger partial charge >= 0.3 is 6.03 Å². The third-order valence-corrected chi connectivity index (χ3v) is 2.00. The molecular weight excluding hydrogens is 168 g/mol. The quantitative estimate of drug-likeness (QED) is 0.555. The lowest BCUT2D eigenvalue weighted by Gasteiger charge is -2.19. The van der Waals surface area contributed by atoms with Crippen molar-refractivity contribution in [2.45, 2.75) is 25.3 Å². The summed E-state index contributed by atoms with van der Waals surface area (Å²) in [6, 6.07) is 0.0676. The Kier molecular flexibility index (Phi) is 4.32. The first-order chi connectivity index (χ1) is 6.33. The number of aliphatic hydroxyl groups excluding tert-OH is 1. The highest BCUT2D eigenvalue weighted by atomic mass is 16.3. The van der Waals surface area contributed by atoms with Crippen LogP contribution in [0.5, 0.6) is 0 Å². The monoisotopic (exact) mass is 184 g/mol. The molecule has 1 aliphatic rings. The molecule has 74 valence electrons. The second-order valence-electron chi connectivity index (χ2n) is 3.11. The normalized spacial score (nSPS) is 21.2. The van der Waals surface area contributed by atoms with Gasteiger partial charge in [0.05, 0.1) is 6.61 Å². The molecule has 1 rings (SSSR count). The highest BCUT2D eigenvalue weighted by molar-refractivity contribution is 5.74. The maximum Gasteiger partial charge on any atom is 0.315 e. The van der Waals surface area contributed by atoms with Crippen molar-refractivity contribution < 1.29 is 9.90 Å². The van der Waals surface area contributed by atoms with Gasteiger partial charge in [0, 0.05) is 12.6 Å². The van der Waals surface area contributed by atoms with Crippen molar-refractivity contribution in [1.29, 1.82) is 0 Å². The van der Waals surface area contributed by atoms with E-state index in [1.165, 1.54) is 0 Å². The van der Waals surface area contributed by atoms with Gasteiger partial charge in [0.2, 0.25) is 0 Å². The van der Waals surface area contributed by atoms with Gasteiger partial charge in [-0.05, 0) is 19.3 Å². The Morgan fingerprint density at radius 1 is 1.54 bits per heavy atom. The van der Waals surface area contributed by atoms with E-state index >= 15 is 0 Å². The number of hydrogen-bond donors (Lipinski definition) is 3. The summed E-state index contributed by atoms with van der Waals surface area (Å²) in [5.74, 6) is 0. The van der Waals surface area contributed by atoms with E-state index in [1.54, 1.807) is 0 Å². The lowest BCUT2D eigenvalue weighted by atomic mass is 10.0. The summed E-state index contributed by atoms with van der Waals surface area (Å²) in [6.45, 7) is 0.298. The molecule has 3 N–H and O–H groups in total. The Hall–Kier alpha value is -1.03. The van der Waals surface area contributed by atoms with Crippen molar-refractivity contribution in [2.24, 2.45) is 0 Å². The zero-order chi connectivity index (χ0) is 9.52. The van der Waals surface area contributed by atoms with Crippen LogP contribution in [0.3, 0.4) is 0 Å². The van der Waals surface area contributed by atoms with Gasteiger partial charge in [-0.15, -0.1) is 0 Å². The van der Waals surface area contributed by atoms with Crippen LogP contribution >= 0.6 is 0 Å². The first kappa shape index (κ1) is 10.1. The van der Waals surface area contributed by atoms with E-state index in [2.05, 4.69) is 22.8 Å². The average Bonchev–Trinajstić information content (AvgIpc) is 2.16. The van der Waals surface area contributed by atoms with Crippen LogP contribution in [-0.4, -0.2) is 30.3 Å². The van der Waals surface area contributed by atoms with Gasteiger partial charge in [0.15, 0.2) is 0 Å². The topological polar surface area (TPSA) is 61.4 Å². The number of hydrogen-bond acceptors (Lipinski definition) is 2. The summed E-state index contributed by atoms with van der Waals surface area (Å²) >= 11 is 0. The average molecular weight is 184 g/mol. The van der Waals surface area contributed by atoms with E-state index in [0.29, 0.717) is 6.54 Å². The number of amides is 2. The second kappa shape index (κ2) is 5.59. The van der Waals surface area contributed by atoms with E-state index in [-0.39, 0.29) is 18.7 Å². The molecule has 0 saturated heterocycles. The van der Waals surface area contributed by atoms with Gasteiger partial charge in [0.1, 0.15) is 0 Å². The first-order valence-corrected chi connectivity index (χ1v) is 4.63. The molecule has 4 nitrogen and oxygen atoms in total. The van der Waals surface area contributed by atoms with Gasteiger partial charge < -0.3 is 15.7 Å². The predicted octanol–water partition coefficient (Wildman–Crippen LogP) is 0.387. The second-order valence-corrected chi connectivity index (χ2v) is 3.11. The zero-order valence-corrected chi connectivity index (χ0v) is 7.62. The Morgan fingerprint density at radius 2 is 2.38 bits per heavy atom. The Bertz CT molecular complexity index is 192. The third-order valence-electron chi connectivity index (χ3n) is 2.00. The number of carbonyl (C=O) groups excluding carboxylic acids is 1. The van der Waals surface area contributed by atoms with Crippen molar-refractivity contribution in [3.8, 4) is 0 Å². The molecule has 0 aromatic carbocycles. The summed E-state index contributed by atoms with van der Waals surface area (Å²) in [5, 5.41) is 13.9. The van der Waals surface area contributed by atoms with Crippen molar-refractivity contribution in [2.75, 3.05) is 13.2 Å². The molecule has 13 heavy (non-hydrogen) atoms. The van der Waals surface area contributed by atoms with Crippen molar-refractivity contribution >= 4 is 6.03 Å². The molecule has 1 aliphatic carbocycles. The number of aliphatic hydroxyl groups is 1. The fourth-order valence-electron chi connectivity index (χ4n) is 1.33. The van der Waals surface area contributed by atoms with Crippen LogP contribution < -0.4 is 10.6 Å². The van der Waals surface area contributed by atoms with Gasteiger partial charge in [-0.2, -0.15) is 0 Å². The fourth-order valence-corrected chi connectivity index (χ4v) is 1.33. The molecule has 0 saturated carbocycles. The number of carbonyl (C=O) groups is 1. The van der Waals surface area contributed by atoms with Gasteiger partial charge in [-0.25, -0.2) is 4.79 Å². The van der Waals surface area contributed by atoms with Crippen LogP contribution in [0, 0.1) is 0 Å². The summed E-state index contributed by atoms with van der Waals surface area (Å²) in [7, 11) is 0. The molecule has 0 aromatic heterocycles. The van der Waals surface area contributed by atoms with Gasteiger partial charge in [-0.1, -0.05) is 12.2 Å². The van der Waals surface area contributed by atoms with Crippen LogP contribution in [0.1, 0.15) is 19.3 Å². The largest absolute Gasteiger partial charge is 0.395 e. The van der Waals surface area contributed by atoms with E-state index in [0.717, 1.165) is 19.3 Å². The molecular formula is C9H16N2O2. The van der Waals surface area contributed by atoms with Crippen molar-refractivity contribution in [3.63, 3.8) is 0 Å². The summed E-state index contributed by atoms with van der Waals surface area (Å²) in [6.07, 6.45) is 7.16. The molecule has 0 heterocycles. The summed E-state index contributed by atoms with van der Waals surface area (Å²) in [5.41, 5.74) is 0. The van der Waals surface area contributed by atoms with Gasteiger partial charge in [0.25, 0.3) is 0 Å². The van der Waals surface area contributed by atoms with Gasteiger partial charge in [-0.3, -0.25) is 0 Å². The molecule has 0 bridgehead atoms. The van der Waals surface area contributed by atoms with E-state index in [9.17, 15) is 4.79 Å². The molecule has 1 atom stereocenters. The van der Waals surface area contributed by atoms with Crippen LogP contribution in [-0.2, 0) is 0 Å². The Labute approximate surface area is 78.0 Å². The highest BCUT2D eigenvalue weighted by Crippen LogP contribution is 2.09. The predicted molar refractivity (Wildman–Crippen MR) is 50.4 cm³/mol. The molecule has 0 fully saturated rings. The fraction of sp³-hybridized carbons (Fsp3) is 0.667. The van der Waals surface area contributed by atoms with E-state index in [4.69, 9.17) is 5.11 Å². The lowest BCUT2D eigenvalue weighted by molar-refractivity contribution is 0.229. The Morgan fingerprint density at radius 3 is 3.00 bits per heavy atom. The number of allylic oxidation sites excluding steroid dienone is 1. The molecule has 1 unspecified atom stereocenters. The first-order valence-electron chi connectivity index (χ1n) is 4.63. The van der Waals surface area contributed by atoms with Crippen LogP contribution in [0.15, 0.2) is 12.2 Å². The maximum absolute atomic E-state index is 11.1. The minimum atomic E-state index is -0.186. The lowest BCUT2D eigenvalue weighted by Crippen LogP contribution is -2.43. The molecule has 4 heteroatoms. The molecule has 0 aliphatic heterocycles. The van der Waals surface area contributed by atoms with Crippen LogP contribution in [0.25, 0.3) is 0 Å². The van der Waals surface area contributed by atoms with Crippen LogP contribution in [0.2, 0.25) is 0 Å². The van der Waals surface area contributed by atoms with Crippen molar-refractivity contribution in [3.05, 3.63) is 12.2 Å². The Balaban J connectivity index is 2.15. The van der Waals surface area contributed by atoms with Crippen molar-refractivity contribution in [1.82, 2.24) is 10.6 Å². The van der Waals surface area contributed by atoms with Crippen LogP contribution in [0.4, 0.5) is 4.79 Å². The standard InChI is InChI=1S/C9H16N2O2/c12-7-6-10-9(13)11-8-4-2-1-3-5-8/h1-2,8,12H,3-7H2,(H2,10,11,13). The SMILES string of the molecule is O=C(NCCO)NC1CC=CCC1. The molecule has 0 radical (unpaired) electrons. The minimum Gasteiger partial charge on any atom is -0.395 e. The zero-order valence-electron chi connectivity index (χ0n) is 7.62. The highest BCUT2D eigenvalue weighted by Gasteiger charge is 2.11. The number of urea groups is 1. The molecule has 0 aromatic rings.